The predicted molar refractivity (Wildman–Crippen MR) is 61.7 cm³/mol. The molecular weight excluding hydrogens is 280 g/mol. The summed E-state index contributed by atoms with van der Waals surface area (Å²) in [6.07, 6.45) is 0.777. The molecule has 1 fully saturated rings. The second-order valence-electron chi connectivity index (χ2n) is 3.93. The Balaban J connectivity index is 2.14. The molecule has 0 saturated carbocycles. The number of hydrogen-bond acceptors (Lipinski definition) is 5. The van der Waals surface area contributed by atoms with Gasteiger partial charge in [0.05, 0.1) is 5.41 Å². The smallest absolute Gasteiger partial charge is 0.225 e. The highest BCUT2D eigenvalue weighted by Gasteiger charge is 2.39. The van der Waals surface area contributed by atoms with Crippen molar-refractivity contribution in [2.75, 3.05) is 18.0 Å². The second kappa shape index (κ2) is 3.71. The second-order valence-corrected chi connectivity index (χ2v) is 6.17. The average Bonchev–Trinajstić information content (AvgIpc) is 2.73. The molecule has 2 heterocycles. The fourth-order valence-corrected chi connectivity index (χ4v) is 2.76. The van der Waals surface area contributed by atoms with Gasteiger partial charge in [-0.05, 0) is 29.3 Å². The van der Waals surface area contributed by atoms with Crippen molar-refractivity contribution in [2.24, 2.45) is 11.1 Å². The number of carbonyl (C=O) groups excluding carboxylic acids is 1. The Hall–Kier alpha value is -0.690. The lowest BCUT2D eigenvalue weighted by Gasteiger charge is -2.19. The van der Waals surface area contributed by atoms with Gasteiger partial charge in [0.25, 0.3) is 0 Å². The molecule has 7 heteroatoms. The maximum atomic E-state index is 11.3. The molecule has 1 unspecified atom stereocenters. The van der Waals surface area contributed by atoms with Gasteiger partial charge in [0, 0.05) is 13.1 Å². The van der Waals surface area contributed by atoms with E-state index >= 15 is 0 Å². The van der Waals surface area contributed by atoms with E-state index in [2.05, 4.69) is 26.1 Å². The first-order valence-corrected chi connectivity index (χ1v) is 6.16. The Morgan fingerprint density at radius 2 is 2.40 bits per heavy atom. The lowest BCUT2D eigenvalue weighted by atomic mass is 9.89. The number of nitrogens with zero attached hydrogens (tertiary/aromatic N) is 3. The Morgan fingerprint density at radius 3 is 2.87 bits per heavy atom. The van der Waals surface area contributed by atoms with Crippen molar-refractivity contribution in [2.45, 2.75) is 13.3 Å². The molecule has 1 aromatic heterocycles. The summed E-state index contributed by atoms with van der Waals surface area (Å²) in [4.78, 5) is 13.3. The molecular formula is C8H11BrN4OS. The van der Waals surface area contributed by atoms with Crippen LogP contribution in [-0.2, 0) is 4.79 Å². The third-order valence-electron chi connectivity index (χ3n) is 2.73. The van der Waals surface area contributed by atoms with Gasteiger partial charge in [-0.25, -0.2) is 0 Å². The molecule has 0 spiro atoms. The maximum absolute atomic E-state index is 11.3. The van der Waals surface area contributed by atoms with E-state index in [0.29, 0.717) is 6.54 Å². The minimum Gasteiger partial charge on any atom is -0.369 e. The van der Waals surface area contributed by atoms with E-state index in [-0.39, 0.29) is 5.91 Å². The normalized spacial score (nSPS) is 25.9. The molecule has 15 heavy (non-hydrogen) atoms. The van der Waals surface area contributed by atoms with Crippen molar-refractivity contribution < 1.29 is 4.79 Å². The van der Waals surface area contributed by atoms with E-state index in [1.807, 2.05) is 11.8 Å². The number of aromatic nitrogens is 2. The van der Waals surface area contributed by atoms with Crippen LogP contribution in [0.15, 0.2) is 3.92 Å². The zero-order valence-corrected chi connectivity index (χ0v) is 10.6. The molecule has 1 aliphatic rings. The lowest BCUT2D eigenvalue weighted by molar-refractivity contribution is -0.125. The molecule has 5 nitrogen and oxygen atoms in total. The van der Waals surface area contributed by atoms with Crippen LogP contribution < -0.4 is 10.6 Å². The first-order chi connectivity index (χ1) is 7.01. The van der Waals surface area contributed by atoms with Crippen molar-refractivity contribution in [1.82, 2.24) is 10.2 Å². The van der Waals surface area contributed by atoms with Crippen molar-refractivity contribution >= 4 is 38.3 Å². The minimum absolute atomic E-state index is 0.242. The number of anilines is 1. The third-order valence-corrected chi connectivity index (χ3v) is 4.15. The van der Waals surface area contributed by atoms with E-state index in [1.54, 1.807) is 0 Å². The highest BCUT2D eigenvalue weighted by Crippen LogP contribution is 2.34. The fourth-order valence-electron chi connectivity index (χ4n) is 1.65. The lowest BCUT2D eigenvalue weighted by Crippen LogP contribution is -2.37. The van der Waals surface area contributed by atoms with Crippen molar-refractivity contribution in [3.05, 3.63) is 3.92 Å². The zero-order valence-electron chi connectivity index (χ0n) is 8.23. The summed E-state index contributed by atoms with van der Waals surface area (Å²) < 4.78 is 0.755. The largest absolute Gasteiger partial charge is 0.369 e. The first-order valence-electron chi connectivity index (χ1n) is 4.55. The maximum Gasteiger partial charge on any atom is 0.225 e. The molecule has 0 radical (unpaired) electrons. The van der Waals surface area contributed by atoms with Crippen LogP contribution in [0.1, 0.15) is 13.3 Å². The molecule has 82 valence electrons. The molecule has 1 atom stereocenters. The van der Waals surface area contributed by atoms with Crippen LogP contribution in [-0.4, -0.2) is 29.2 Å². The Labute approximate surface area is 99.8 Å². The summed E-state index contributed by atoms with van der Waals surface area (Å²) in [6, 6.07) is 0. The highest BCUT2D eigenvalue weighted by atomic mass is 79.9. The van der Waals surface area contributed by atoms with Crippen molar-refractivity contribution in [1.29, 1.82) is 0 Å². The van der Waals surface area contributed by atoms with E-state index in [0.717, 1.165) is 22.0 Å². The van der Waals surface area contributed by atoms with Crippen LogP contribution in [0.4, 0.5) is 5.13 Å². The van der Waals surface area contributed by atoms with Crippen LogP contribution in [0.5, 0.6) is 0 Å². The first kappa shape index (κ1) is 10.8. The van der Waals surface area contributed by atoms with Gasteiger partial charge in [-0.1, -0.05) is 11.3 Å². The summed E-state index contributed by atoms with van der Waals surface area (Å²) in [5, 5.41) is 8.74. The topological polar surface area (TPSA) is 72.1 Å². The predicted octanol–water partition coefficient (Wildman–Crippen LogP) is 1.00. The molecule has 1 aliphatic heterocycles. The quantitative estimate of drug-likeness (QED) is 0.882. The van der Waals surface area contributed by atoms with Crippen LogP contribution >= 0.6 is 27.3 Å². The van der Waals surface area contributed by atoms with Crippen LogP contribution in [0.25, 0.3) is 0 Å². The fraction of sp³-hybridized carbons (Fsp3) is 0.625. The molecule has 2 N–H and O–H groups in total. The summed E-state index contributed by atoms with van der Waals surface area (Å²) in [7, 11) is 0. The molecule has 0 aliphatic carbocycles. The molecule has 1 aromatic rings. The number of hydrogen-bond donors (Lipinski definition) is 1. The number of rotatable bonds is 2. The van der Waals surface area contributed by atoms with Crippen molar-refractivity contribution in [3.63, 3.8) is 0 Å². The summed E-state index contributed by atoms with van der Waals surface area (Å²) in [6.45, 7) is 3.33. The number of nitrogens with two attached hydrogens (primary N) is 1. The molecule has 2 rings (SSSR count). The van der Waals surface area contributed by atoms with Gasteiger partial charge >= 0.3 is 0 Å². The summed E-state index contributed by atoms with van der Waals surface area (Å²) in [5.41, 5.74) is 4.94. The molecule has 1 saturated heterocycles. The Bertz CT molecular complexity index is 396. The SMILES string of the molecule is CC1(C(N)=O)CCN(c2nnc(Br)s2)C1. The monoisotopic (exact) mass is 290 g/mol. The number of primary amides is 1. The van der Waals surface area contributed by atoms with E-state index in [4.69, 9.17) is 5.73 Å². The number of halogens is 1. The van der Waals surface area contributed by atoms with Crippen LogP contribution in [0.2, 0.25) is 0 Å². The minimum atomic E-state index is -0.432. The van der Waals surface area contributed by atoms with Crippen LogP contribution in [0, 0.1) is 5.41 Å². The zero-order chi connectivity index (χ0) is 11.1. The van der Waals surface area contributed by atoms with Crippen LogP contribution in [0.3, 0.4) is 0 Å². The average molecular weight is 291 g/mol. The summed E-state index contributed by atoms with van der Waals surface area (Å²) >= 11 is 4.73. The molecule has 1 amide bonds. The van der Waals surface area contributed by atoms with Crippen molar-refractivity contribution in [3.8, 4) is 0 Å². The van der Waals surface area contributed by atoms with Gasteiger partial charge in [0.2, 0.25) is 11.0 Å². The molecule has 0 bridgehead atoms. The number of amides is 1. The van der Waals surface area contributed by atoms with E-state index < -0.39 is 5.41 Å². The Kier molecular flexibility index (Phi) is 2.68. The van der Waals surface area contributed by atoms with Gasteiger partial charge in [-0.3, -0.25) is 4.79 Å². The third kappa shape index (κ3) is 1.98. The van der Waals surface area contributed by atoms with Gasteiger partial charge in [0.1, 0.15) is 0 Å². The number of carbonyl (C=O) groups is 1. The van der Waals surface area contributed by atoms with E-state index in [9.17, 15) is 4.79 Å². The van der Waals surface area contributed by atoms with Gasteiger partial charge in [0.15, 0.2) is 3.92 Å². The van der Waals surface area contributed by atoms with Gasteiger partial charge in [-0.15, -0.1) is 10.2 Å². The highest BCUT2D eigenvalue weighted by molar-refractivity contribution is 9.11. The van der Waals surface area contributed by atoms with Gasteiger partial charge in [-0.2, -0.15) is 0 Å². The summed E-state index contributed by atoms with van der Waals surface area (Å²) in [5.74, 6) is -0.242. The standard InChI is InChI=1S/C8H11BrN4OS/c1-8(5(10)14)2-3-13(4-8)7-12-11-6(9)15-7/h2-4H2,1H3,(H2,10,14). The van der Waals surface area contributed by atoms with Gasteiger partial charge < -0.3 is 10.6 Å². The Morgan fingerprint density at radius 1 is 1.67 bits per heavy atom. The molecule has 0 aromatic carbocycles. The van der Waals surface area contributed by atoms with E-state index in [1.165, 1.54) is 11.3 Å².